The molecule has 0 heterocycles. The van der Waals surface area contributed by atoms with Gasteiger partial charge in [-0.25, -0.2) is 0 Å². The third-order valence-electron chi connectivity index (χ3n) is 9.85. The van der Waals surface area contributed by atoms with Crippen LogP contribution < -0.4 is 9.47 Å². The molecule has 288 valence electrons. The summed E-state index contributed by atoms with van der Waals surface area (Å²) in [7, 11) is 0. The minimum atomic E-state index is -0.217. The van der Waals surface area contributed by atoms with E-state index in [-0.39, 0.29) is 30.6 Å². The van der Waals surface area contributed by atoms with Gasteiger partial charge in [0.2, 0.25) is 0 Å². The summed E-state index contributed by atoms with van der Waals surface area (Å²) in [6.45, 7) is 10.1. The maximum atomic E-state index is 12.1. The Morgan fingerprint density at radius 3 is 1.04 bits per heavy atom. The molecule has 0 aliphatic carbocycles. The number of unbranched alkanes of at least 4 members (excludes halogenated alkanes) is 18. The van der Waals surface area contributed by atoms with Crippen LogP contribution in [0.4, 0.5) is 0 Å². The SMILES string of the molecule is CCCCCCCCCCCCC(=O)OCCOc1ccc(C(C)(C)c2ccc(OCCOC(=O)CCCCCCCCCCCC)cc2)cc1. The molecule has 2 aromatic carbocycles. The zero-order chi connectivity index (χ0) is 36.8. The van der Waals surface area contributed by atoms with E-state index < -0.39 is 0 Å². The maximum absolute atomic E-state index is 12.1. The first-order chi connectivity index (χ1) is 24.9. The smallest absolute Gasteiger partial charge is 0.305 e. The van der Waals surface area contributed by atoms with E-state index in [0.717, 1.165) is 37.2 Å². The molecule has 0 atom stereocenters. The summed E-state index contributed by atoms with van der Waals surface area (Å²) in [6.07, 6.45) is 26.0. The summed E-state index contributed by atoms with van der Waals surface area (Å²) in [4.78, 5) is 24.1. The molecule has 0 aliphatic rings. The van der Waals surface area contributed by atoms with E-state index in [1.807, 2.05) is 24.3 Å². The van der Waals surface area contributed by atoms with Gasteiger partial charge in [0.25, 0.3) is 0 Å². The molecule has 0 saturated heterocycles. The normalized spacial score (nSPS) is 11.4. The lowest BCUT2D eigenvalue weighted by atomic mass is 9.78. The molecule has 51 heavy (non-hydrogen) atoms. The molecular weight excluding hydrogens is 636 g/mol. The van der Waals surface area contributed by atoms with E-state index in [1.165, 1.54) is 114 Å². The highest BCUT2D eigenvalue weighted by Gasteiger charge is 2.23. The molecule has 0 aromatic heterocycles. The Morgan fingerprint density at radius 2 is 0.725 bits per heavy atom. The summed E-state index contributed by atoms with van der Waals surface area (Å²) >= 11 is 0. The van der Waals surface area contributed by atoms with Crippen LogP contribution in [-0.2, 0) is 24.5 Å². The van der Waals surface area contributed by atoms with E-state index in [2.05, 4.69) is 52.0 Å². The van der Waals surface area contributed by atoms with Gasteiger partial charge in [0.1, 0.15) is 37.9 Å². The Hall–Kier alpha value is -3.02. The average Bonchev–Trinajstić information content (AvgIpc) is 3.14. The highest BCUT2D eigenvalue weighted by Crippen LogP contribution is 2.33. The maximum Gasteiger partial charge on any atom is 0.305 e. The van der Waals surface area contributed by atoms with Crippen LogP contribution in [0, 0.1) is 0 Å². The van der Waals surface area contributed by atoms with Gasteiger partial charge in [-0.05, 0) is 48.2 Å². The van der Waals surface area contributed by atoms with Gasteiger partial charge in [-0.3, -0.25) is 9.59 Å². The first kappa shape index (κ1) is 44.1. The van der Waals surface area contributed by atoms with E-state index >= 15 is 0 Å². The lowest BCUT2D eigenvalue weighted by Crippen LogP contribution is -2.19. The molecule has 0 spiro atoms. The molecule has 0 fully saturated rings. The minimum Gasteiger partial charge on any atom is -0.490 e. The van der Waals surface area contributed by atoms with Gasteiger partial charge in [-0.2, -0.15) is 0 Å². The van der Waals surface area contributed by atoms with Crippen LogP contribution in [0.25, 0.3) is 0 Å². The van der Waals surface area contributed by atoms with Gasteiger partial charge in [0, 0.05) is 18.3 Å². The van der Waals surface area contributed by atoms with E-state index in [9.17, 15) is 9.59 Å². The second-order valence-electron chi connectivity index (χ2n) is 14.7. The summed E-state index contributed by atoms with van der Waals surface area (Å²) in [5.74, 6) is 1.25. The van der Waals surface area contributed by atoms with Crippen LogP contribution in [0.2, 0.25) is 0 Å². The summed E-state index contributed by atoms with van der Waals surface area (Å²) in [5.41, 5.74) is 2.12. The molecule has 2 rings (SSSR count). The number of carbonyl (C=O) groups is 2. The van der Waals surface area contributed by atoms with Crippen molar-refractivity contribution >= 4 is 11.9 Å². The first-order valence-electron chi connectivity index (χ1n) is 20.6. The number of benzene rings is 2. The Bertz CT molecular complexity index is 1050. The zero-order valence-electron chi connectivity index (χ0n) is 33.0. The standard InChI is InChI=1S/C45H72O6/c1-5-7-9-11-13-15-17-19-21-23-25-43(46)50-37-35-48-41-31-27-39(28-32-41)45(3,4)40-29-33-42(34-30-40)49-36-38-51-44(47)26-24-22-20-18-16-14-12-10-8-6-2/h27-34H,5-26,35-38H2,1-4H3. The van der Waals surface area contributed by atoms with E-state index in [4.69, 9.17) is 18.9 Å². The minimum absolute atomic E-state index is 0.134. The molecule has 0 bridgehead atoms. The van der Waals surface area contributed by atoms with Gasteiger partial charge in [-0.1, -0.05) is 168 Å². The van der Waals surface area contributed by atoms with Crippen molar-refractivity contribution in [2.24, 2.45) is 0 Å². The predicted molar refractivity (Wildman–Crippen MR) is 211 cm³/mol. The first-order valence-corrected chi connectivity index (χ1v) is 20.6. The van der Waals surface area contributed by atoms with Crippen LogP contribution in [0.15, 0.2) is 48.5 Å². The molecule has 0 radical (unpaired) electrons. The van der Waals surface area contributed by atoms with Crippen LogP contribution >= 0.6 is 0 Å². The second kappa shape index (κ2) is 28.6. The summed E-state index contributed by atoms with van der Waals surface area (Å²) in [6, 6.07) is 16.2. The van der Waals surface area contributed by atoms with Gasteiger partial charge in [0.15, 0.2) is 0 Å². The molecule has 0 unspecified atom stereocenters. The van der Waals surface area contributed by atoms with E-state index in [1.54, 1.807) is 0 Å². The fourth-order valence-corrected chi connectivity index (χ4v) is 6.39. The number of rotatable bonds is 32. The quantitative estimate of drug-likeness (QED) is 0.0556. The Balaban J connectivity index is 1.55. The Labute approximate surface area is 311 Å². The van der Waals surface area contributed by atoms with E-state index in [0.29, 0.717) is 26.1 Å². The third-order valence-corrected chi connectivity index (χ3v) is 9.85. The monoisotopic (exact) mass is 709 g/mol. The topological polar surface area (TPSA) is 71.1 Å². The largest absolute Gasteiger partial charge is 0.490 e. The fraction of sp³-hybridized carbons (Fsp3) is 0.689. The highest BCUT2D eigenvalue weighted by molar-refractivity contribution is 5.69. The number of hydrogen-bond acceptors (Lipinski definition) is 6. The van der Waals surface area contributed by atoms with Crippen molar-refractivity contribution in [3.05, 3.63) is 59.7 Å². The van der Waals surface area contributed by atoms with Crippen LogP contribution in [-0.4, -0.2) is 38.4 Å². The number of hydrogen-bond donors (Lipinski definition) is 0. The predicted octanol–water partition coefficient (Wildman–Crippen LogP) is 12.5. The van der Waals surface area contributed by atoms with Crippen LogP contribution in [0.3, 0.4) is 0 Å². The van der Waals surface area contributed by atoms with Gasteiger partial charge >= 0.3 is 11.9 Å². The zero-order valence-corrected chi connectivity index (χ0v) is 33.0. The molecular formula is C45H72O6. The third kappa shape index (κ3) is 21.2. The molecule has 0 saturated carbocycles. The Morgan fingerprint density at radius 1 is 0.431 bits per heavy atom. The van der Waals surface area contributed by atoms with Crippen LogP contribution in [0.5, 0.6) is 11.5 Å². The van der Waals surface area contributed by atoms with Crippen LogP contribution in [0.1, 0.15) is 180 Å². The molecule has 0 N–H and O–H groups in total. The van der Waals surface area contributed by atoms with Crippen molar-refractivity contribution in [2.75, 3.05) is 26.4 Å². The summed E-state index contributed by atoms with van der Waals surface area (Å²) < 4.78 is 22.4. The van der Waals surface area contributed by atoms with Gasteiger partial charge in [-0.15, -0.1) is 0 Å². The average molecular weight is 709 g/mol. The number of carbonyl (C=O) groups excluding carboxylic acids is 2. The lowest BCUT2D eigenvalue weighted by molar-refractivity contribution is -0.145. The molecule has 0 amide bonds. The number of ether oxygens (including phenoxy) is 4. The van der Waals surface area contributed by atoms with Crippen molar-refractivity contribution < 1.29 is 28.5 Å². The molecule has 2 aromatic rings. The second-order valence-corrected chi connectivity index (χ2v) is 14.7. The van der Waals surface area contributed by atoms with Gasteiger partial charge in [0.05, 0.1) is 0 Å². The van der Waals surface area contributed by atoms with Crippen molar-refractivity contribution in [1.82, 2.24) is 0 Å². The van der Waals surface area contributed by atoms with Crippen molar-refractivity contribution in [1.29, 1.82) is 0 Å². The number of esters is 2. The highest BCUT2D eigenvalue weighted by atomic mass is 16.6. The van der Waals surface area contributed by atoms with Crippen molar-refractivity contribution in [3.8, 4) is 11.5 Å². The molecule has 6 heteroatoms. The van der Waals surface area contributed by atoms with Gasteiger partial charge < -0.3 is 18.9 Å². The molecule has 0 aliphatic heterocycles. The lowest BCUT2D eigenvalue weighted by Gasteiger charge is -2.26. The Kier molecular flexibility index (Phi) is 24.7. The molecule has 6 nitrogen and oxygen atoms in total. The van der Waals surface area contributed by atoms with Crippen molar-refractivity contribution in [2.45, 2.75) is 174 Å². The van der Waals surface area contributed by atoms with Crippen molar-refractivity contribution in [3.63, 3.8) is 0 Å². The summed E-state index contributed by atoms with van der Waals surface area (Å²) in [5, 5.41) is 0. The fourth-order valence-electron chi connectivity index (χ4n) is 6.39.